The van der Waals surface area contributed by atoms with E-state index in [0.29, 0.717) is 17.5 Å². The van der Waals surface area contributed by atoms with Crippen LogP contribution in [0.3, 0.4) is 0 Å². The van der Waals surface area contributed by atoms with Gasteiger partial charge >= 0.3 is 13.0 Å². The molecule has 13 heavy (non-hydrogen) atoms. The Bertz CT molecular complexity index is 178. The summed E-state index contributed by atoms with van der Waals surface area (Å²) in [6, 6.07) is 0. The molecule has 78 valence electrons. The normalized spacial score (nSPS) is 29.1. The third-order valence-corrected chi connectivity index (χ3v) is 2.50. The summed E-state index contributed by atoms with van der Waals surface area (Å²) in [7, 11) is 0. The van der Waals surface area contributed by atoms with E-state index in [-0.39, 0.29) is 6.42 Å². The first-order valence-corrected chi connectivity index (χ1v) is 4.18. The molecule has 0 amide bonds. The minimum atomic E-state index is -4.96. The number of hydrogen-bond donors (Lipinski definition) is 0. The molecule has 2 nitrogen and oxygen atoms in total. The number of thioether (sulfide) groups is 1. The van der Waals surface area contributed by atoms with E-state index in [1.54, 1.807) is 0 Å². The monoisotopic (exact) mass is 224 g/mol. The first-order valence-electron chi connectivity index (χ1n) is 3.20. The molecule has 0 aromatic heterocycles. The van der Waals surface area contributed by atoms with Gasteiger partial charge in [0.15, 0.2) is 0 Å². The van der Waals surface area contributed by atoms with Gasteiger partial charge in [-0.05, 0) is 0 Å². The van der Waals surface area contributed by atoms with Crippen molar-refractivity contribution in [2.24, 2.45) is 0 Å². The first kappa shape index (κ1) is 11.0. The molecule has 0 spiro atoms. The summed E-state index contributed by atoms with van der Waals surface area (Å²) in [5.74, 6) is 0.308. The van der Waals surface area contributed by atoms with Crippen molar-refractivity contribution < 1.29 is 31.4 Å². The van der Waals surface area contributed by atoms with Crippen LogP contribution in [0.4, 0.5) is 22.0 Å². The van der Waals surface area contributed by atoms with Gasteiger partial charge in [0.2, 0.25) is 5.12 Å². The average molecular weight is 224 g/mol. The highest BCUT2D eigenvalue weighted by molar-refractivity contribution is 8.01. The molecule has 0 aromatic rings. The van der Waals surface area contributed by atoms with Gasteiger partial charge in [0.05, 0.1) is 0 Å². The zero-order valence-electron chi connectivity index (χ0n) is 6.11. The van der Waals surface area contributed by atoms with Crippen molar-refractivity contribution in [3.8, 4) is 0 Å². The molecule has 0 bridgehead atoms. The molecule has 1 aliphatic rings. The lowest BCUT2D eigenvalue weighted by molar-refractivity contribution is -0.411. The van der Waals surface area contributed by atoms with Crippen molar-refractivity contribution in [3.05, 3.63) is 0 Å². The highest BCUT2D eigenvalue weighted by Crippen LogP contribution is 2.47. The van der Waals surface area contributed by atoms with Gasteiger partial charge in [-0.25, -0.2) is 4.74 Å². The van der Waals surface area contributed by atoms with Crippen LogP contribution in [0.25, 0.3) is 0 Å². The van der Waals surface area contributed by atoms with E-state index in [2.05, 4.69) is 9.47 Å². The summed E-state index contributed by atoms with van der Waals surface area (Å²) in [6.45, 7) is -3.27. The van der Waals surface area contributed by atoms with Crippen LogP contribution < -0.4 is 0 Å². The topological polar surface area (TPSA) is 18.5 Å². The SMILES string of the molecule is FC(F)OC1(OC(F)(F)F)CCS1. The van der Waals surface area contributed by atoms with Crippen molar-refractivity contribution >= 4 is 11.8 Å². The maximum absolute atomic E-state index is 11.7. The lowest BCUT2D eigenvalue weighted by Crippen LogP contribution is -2.45. The molecular weight excluding hydrogens is 219 g/mol. The van der Waals surface area contributed by atoms with E-state index < -0.39 is 18.1 Å². The zero-order chi connectivity index (χ0) is 10.1. The van der Waals surface area contributed by atoms with Gasteiger partial charge in [-0.3, -0.25) is 4.74 Å². The second-order valence-electron chi connectivity index (χ2n) is 2.21. The summed E-state index contributed by atoms with van der Waals surface area (Å²) in [6.07, 6.45) is -5.15. The largest absolute Gasteiger partial charge is 0.525 e. The Morgan fingerprint density at radius 2 is 1.85 bits per heavy atom. The Balaban J connectivity index is 2.50. The van der Waals surface area contributed by atoms with Crippen LogP contribution >= 0.6 is 11.8 Å². The lowest BCUT2D eigenvalue weighted by Gasteiger charge is -2.39. The maximum Gasteiger partial charge on any atom is 0.525 e. The highest BCUT2D eigenvalue weighted by atomic mass is 32.2. The van der Waals surface area contributed by atoms with E-state index in [9.17, 15) is 22.0 Å². The average Bonchev–Trinajstić information content (AvgIpc) is 1.78. The molecule has 0 N–H and O–H groups in total. The third-order valence-electron chi connectivity index (χ3n) is 1.27. The molecule has 1 fully saturated rings. The lowest BCUT2D eigenvalue weighted by atomic mass is 10.4. The predicted molar refractivity (Wildman–Crippen MR) is 34.0 cm³/mol. The molecule has 0 aliphatic carbocycles. The van der Waals surface area contributed by atoms with Crippen molar-refractivity contribution in [1.29, 1.82) is 0 Å². The van der Waals surface area contributed by atoms with Gasteiger partial charge in [-0.1, -0.05) is 11.8 Å². The van der Waals surface area contributed by atoms with E-state index in [0.717, 1.165) is 0 Å². The van der Waals surface area contributed by atoms with E-state index in [1.807, 2.05) is 0 Å². The molecule has 1 atom stereocenters. The Morgan fingerprint density at radius 3 is 2.08 bits per heavy atom. The fraction of sp³-hybridized carbons (Fsp3) is 1.00. The third kappa shape index (κ3) is 3.28. The van der Waals surface area contributed by atoms with Gasteiger partial charge in [0.25, 0.3) is 0 Å². The number of alkyl halides is 5. The van der Waals surface area contributed by atoms with E-state index in [4.69, 9.17) is 0 Å². The second-order valence-corrected chi connectivity index (χ2v) is 3.53. The van der Waals surface area contributed by atoms with Crippen molar-refractivity contribution in [3.63, 3.8) is 0 Å². The fourth-order valence-electron chi connectivity index (χ4n) is 0.778. The molecular formula is C5H5F5O2S. The number of halogens is 5. The van der Waals surface area contributed by atoms with Crippen LogP contribution in [0.2, 0.25) is 0 Å². The predicted octanol–water partition coefficient (Wildman–Crippen LogP) is 2.55. The summed E-state index contributed by atoms with van der Waals surface area (Å²) in [5, 5.41) is -2.23. The van der Waals surface area contributed by atoms with Gasteiger partial charge in [-0.2, -0.15) is 8.78 Å². The molecule has 1 saturated heterocycles. The fourth-order valence-corrected chi connectivity index (χ4v) is 1.61. The van der Waals surface area contributed by atoms with Crippen molar-refractivity contribution in [2.75, 3.05) is 5.75 Å². The minimum absolute atomic E-state index is 0.193. The highest BCUT2D eigenvalue weighted by Gasteiger charge is 2.51. The quantitative estimate of drug-likeness (QED) is 0.542. The second kappa shape index (κ2) is 3.58. The Hall–Kier alpha value is -0.0800. The minimum Gasteiger partial charge on any atom is -0.280 e. The van der Waals surface area contributed by atoms with Crippen LogP contribution in [0, 0.1) is 0 Å². The van der Waals surface area contributed by atoms with Gasteiger partial charge in [0, 0.05) is 12.2 Å². The summed E-state index contributed by atoms with van der Waals surface area (Å²) in [5.41, 5.74) is 0. The smallest absolute Gasteiger partial charge is 0.280 e. The van der Waals surface area contributed by atoms with Crippen molar-refractivity contribution in [2.45, 2.75) is 24.5 Å². The van der Waals surface area contributed by atoms with Crippen LogP contribution in [-0.2, 0) is 9.47 Å². The zero-order valence-corrected chi connectivity index (χ0v) is 6.92. The first-order chi connectivity index (χ1) is 5.83. The Labute approximate surface area is 74.4 Å². The maximum atomic E-state index is 11.7. The number of ether oxygens (including phenoxy) is 2. The standard InChI is InChI=1S/C5H5F5O2S/c6-3(7)11-4(1-2-13-4)12-5(8,9)10/h3H,1-2H2. The Kier molecular flexibility index (Phi) is 3.03. The summed E-state index contributed by atoms with van der Waals surface area (Å²) in [4.78, 5) is 0. The van der Waals surface area contributed by atoms with Crippen LogP contribution in [-0.4, -0.2) is 23.8 Å². The molecule has 1 aliphatic heterocycles. The summed E-state index contributed by atoms with van der Waals surface area (Å²) < 4.78 is 65.4. The van der Waals surface area contributed by atoms with E-state index >= 15 is 0 Å². The van der Waals surface area contributed by atoms with Gasteiger partial charge < -0.3 is 0 Å². The van der Waals surface area contributed by atoms with Crippen LogP contribution in [0.5, 0.6) is 0 Å². The van der Waals surface area contributed by atoms with E-state index in [1.165, 1.54) is 0 Å². The molecule has 0 saturated carbocycles. The number of rotatable bonds is 3. The molecule has 1 unspecified atom stereocenters. The number of hydrogen-bond acceptors (Lipinski definition) is 3. The molecule has 1 rings (SSSR count). The van der Waals surface area contributed by atoms with Crippen molar-refractivity contribution in [1.82, 2.24) is 0 Å². The molecule has 8 heteroatoms. The Morgan fingerprint density at radius 1 is 1.31 bits per heavy atom. The molecule has 1 heterocycles. The van der Waals surface area contributed by atoms with Gasteiger partial charge in [-0.15, -0.1) is 13.2 Å². The molecule has 0 radical (unpaired) electrons. The molecule has 0 aromatic carbocycles. The summed E-state index contributed by atoms with van der Waals surface area (Å²) >= 11 is 0.564. The van der Waals surface area contributed by atoms with Gasteiger partial charge in [0.1, 0.15) is 0 Å². The van der Waals surface area contributed by atoms with Crippen LogP contribution in [0.15, 0.2) is 0 Å². The van der Waals surface area contributed by atoms with Crippen LogP contribution in [0.1, 0.15) is 6.42 Å².